The maximum Gasteiger partial charge on any atom is 0.240 e. The van der Waals surface area contributed by atoms with Crippen LogP contribution < -0.4 is 4.74 Å². The maximum absolute atomic E-state index is 13.1. The van der Waals surface area contributed by atoms with E-state index in [1.54, 1.807) is 7.11 Å². The van der Waals surface area contributed by atoms with E-state index in [1.165, 1.54) is 11.1 Å². The van der Waals surface area contributed by atoms with Crippen LogP contribution in [0.15, 0.2) is 54.6 Å². The average molecular weight is 379 g/mol. The number of hydrogen-bond donors (Lipinski definition) is 0. The molecule has 2 heterocycles. The summed E-state index contributed by atoms with van der Waals surface area (Å²) in [6.07, 6.45) is 3.18. The number of carbonyl (C=O) groups excluding carboxylic acids is 1. The summed E-state index contributed by atoms with van der Waals surface area (Å²) in [6, 6.07) is 19.0. The van der Waals surface area contributed by atoms with Crippen LogP contribution in [0, 0.1) is 0 Å². The number of ether oxygens (including phenoxy) is 1. The molecule has 4 nitrogen and oxygen atoms in total. The van der Waals surface area contributed by atoms with Gasteiger partial charge in [0, 0.05) is 6.54 Å². The van der Waals surface area contributed by atoms with Crippen LogP contribution in [0.5, 0.6) is 5.75 Å². The molecule has 0 aromatic heterocycles. The molecule has 0 spiro atoms. The van der Waals surface area contributed by atoms with E-state index in [1.807, 2.05) is 30.3 Å². The van der Waals surface area contributed by atoms with Gasteiger partial charge in [0.1, 0.15) is 5.75 Å². The molecule has 2 fully saturated rings. The van der Waals surface area contributed by atoms with E-state index in [0.717, 1.165) is 44.6 Å². The molecule has 0 aliphatic carbocycles. The number of carbonyl (C=O) groups is 1. The summed E-state index contributed by atoms with van der Waals surface area (Å²) in [5, 5.41) is 0. The van der Waals surface area contributed by atoms with E-state index in [0.29, 0.717) is 11.8 Å². The lowest BCUT2D eigenvalue weighted by atomic mass is 9.88. The molecule has 148 valence electrons. The van der Waals surface area contributed by atoms with Crippen LogP contribution in [0.2, 0.25) is 0 Å². The number of nitrogens with zero attached hydrogens (tertiary/aromatic N) is 2. The van der Waals surface area contributed by atoms with Gasteiger partial charge in [-0.1, -0.05) is 42.5 Å². The smallest absolute Gasteiger partial charge is 0.240 e. The first-order valence-corrected chi connectivity index (χ1v) is 10.4. The van der Waals surface area contributed by atoms with Crippen molar-refractivity contribution in [3.05, 3.63) is 65.7 Å². The van der Waals surface area contributed by atoms with Gasteiger partial charge in [-0.25, -0.2) is 0 Å². The highest BCUT2D eigenvalue weighted by molar-refractivity contribution is 5.84. The minimum Gasteiger partial charge on any atom is -0.497 e. The number of benzene rings is 2. The molecule has 0 radical (unpaired) electrons. The van der Waals surface area contributed by atoms with Crippen LogP contribution in [0.1, 0.15) is 49.3 Å². The van der Waals surface area contributed by atoms with Gasteiger partial charge in [0.05, 0.1) is 19.2 Å². The summed E-state index contributed by atoms with van der Waals surface area (Å²) in [5.41, 5.74) is 2.60. The van der Waals surface area contributed by atoms with Crippen LogP contribution in [0.3, 0.4) is 0 Å². The van der Waals surface area contributed by atoms with Crippen molar-refractivity contribution < 1.29 is 9.53 Å². The first-order chi connectivity index (χ1) is 13.7. The molecule has 2 aliphatic heterocycles. The Kier molecular flexibility index (Phi) is 5.67. The Hall–Kier alpha value is -2.33. The summed E-state index contributed by atoms with van der Waals surface area (Å²) in [6.45, 7) is 5.00. The second kappa shape index (κ2) is 8.36. The number of methoxy groups -OCH3 is 1. The third-order valence-electron chi connectivity index (χ3n) is 6.52. The molecule has 0 bridgehead atoms. The van der Waals surface area contributed by atoms with Gasteiger partial charge in [-0.3, -0.25) is 9.69 Å². The Morgan fingerprint density at radius 2 is 1.61 bits per heavy atom. The number of piperidine rings is 1. The highest BCUT2D eigenvalue weighted by Gasteiger charge is 2.39. The largest absolute Gasteiger partial charge is 0.497 e. The summed E-state index contributed by atoms with van der Waals surface area (Å²) >= 11 is 0. The van der Waals surface area contributed by atoms with Gasteiger partial charge in [-0.15, -0.1) is 0 Å². The Morgan fingerprint density at radius 3 is 2.25 bits per heavy atom. The van der Waals surface area contributed by atoms with Gasteiger partial charge in [0.15, 0.2) is 0 Å². The predicted octanol–water partition coefficient (Wildman–Crippen LogP) is 4.24. The first kappa shape index (κ1) is 19.0. The van der Waals surface area contributed by atoms with E-state index in [9.17, 15) is 4.79 Å². The fraction of sp³-hybridized carbons (Fsp3) is 0.458. The first-order valence-electron chi connectivity index (χ1n) is 10.4. The van der Waals surface area contributed by atoms with Gasteiger partial charge in [-0.05, 0) is 68.5 Å². The van der Waals surface area contributed by atoms with Crippen molar-refractivity contribution in [1.82, 2.24) is 9.80 Å². The van der Waals surface area contributed by atoms with Gasteiger partial charge in [0.2, 0.25) is 5.91 Å². The van der Waals surface area contributed by atoms with Crippen LogP contribution >= 0.6 is 0 Å². The molecule has 1 amide bonds. The van der Waals surface area contributed by atoms with Crippen molar-refractivity contribution in [2.24, 2.45) is 0 Å². The van der Waals surface area contributed by atoms with Crippen molar-refractivity contribution in [3.63, 3.8) is 0 Å². The lowest BCUT2D eigenvalue weighted by molar-refractivity contribution is -0.134. The molecule has 2 unspecified atom stereocenters. The molecule has 4 heteroatoms. The van der Waals surface area contributed by atoms with Gasteiger partial charge < -0.3 is 9.64 Å². The zero-order valence-electron chi connectivity index (χ0n) is 16.9. The molecule has 0 saturated carbocycles. The molecular formula is C24H30N2O2. The van der Waals surface area contributed by atoms with Crippen molar-refractivity contribution >= 4 is 5.91 Å². The zero-order valence-corrected chi connectivity index (χ0v) is 16.9. The average Bonchev–Trinajstić information content (AvgIpc) is 3.15. The highest BCUT2D eigenvalue weighted by atomic mass is 16.5. The van der Waals surface area contributed by atoms with E-state index in [-0.39, 0.29) is 12.1 Å². The summed E-state index contributed by atoms with van der Waals surface area (Å²) in [5.74, 6) is 1.79. The highest BCUT2D eigenvalue weighted by Crippen LogP contribution is 2.33. The molecule has 0 N–H and O–H groups in total. The lowest BCUT2D eigenvalue weighted by Crippen LogP contribution is -2.45. The number of amides is 1. The molecule has 2 atom stereocenters. The van der Waals surface area contributed by atoms with Crippen molar-refractivity contribution in [2.75, 3.05) is 26.7 Å². The molecule has 2 saturated heterocycles. The van der Waals surface area contributed by atoms with Crippen molar-refractivity contribution in [1.29, 1.82) is 0 Å². The minimum absolute atomic E-state index is 0.0583. The van der Waals surface area contributed by atoms with Crippen LogP contribution in [-0.2, 0) is 4.79 Å². The summed E-state index contributed by atoms with van der Waals surface area (Å²) < 4.78 is 5.26. The molecule has 2 aromatic rings. The molecule has 2 aliphatic rings. The number of hydrogen-bond acceptors (Lipinski definition) is 3. The zero-order chi connectivity index (χ0) is 19.5. The second-order valence-electron chi connectivity index (χ2n) is 8.01. The third kappa shape index (κ3) is 3.79. The molecular weight excluding hydrogens is 348 g/mol. The second-order valence-corrected chi connectivity index (χ2v) is 8.01. The monoisotopic (exact) mass is 378 g/mol. The summed E-state index contributed by atoms with van der Waals surface area (Å²) in [7, 11) is 1.70. The van der Waals surface area contributed by atoms with Gasteiger partial charge in [-0.2, -0.15) is 0 Å². The Morgan fingerprint density at radius 1 is 0.929 bits per heavy atom. The quantitative estimate of drug-likeness (QED) is 0.780. The molecule has 4 rings (SSSR count). The maximum atomic E-state index is 13.1. The molecule has 28 heavy (non-hydrogen) atoms. The topological polar surface area (TPSA) is 32.8 Å². The SMILES string of the molecule is COc1ccc(C2CCN(C3CCN(C(C)c4ccccc4)C3=O)CC2)cc1. The van der Waals surface area contributed by atoms with E-state index >= 15 is 0 Å². The minimum atomic E-state index is 0.0583. The Bertz CT molecular complexity index is 782. The normalized spacial score (nSPS) is 22.4. The van der Waals surface area contributed by atoms with Gasteiger partial charge >= 0.3 is 0 Å². The third-order valence-corrected chi connectivity index (χ3v) is 6.52. The fourth-order valence-corrected chi connectivity index (χ4v) is 4.74. The van der Waals surface area contributed by atoms with Crippen LogP contribution in [0.25, 0.3) is 0 Å². The molecule has 2 aromatic carbocycles. The number of likely N-dealkylation sites (tertiary alicyclic amines) is 2. The Balaban J connectivity index is 1.35. The van der Waals surface area contributed by atoms with Crippen molar-refractivity contribution in [2.45, 2.75) is 44.2 Å². The van der Waals surface area contributed by atoms with Crippen LogP contribution in [-0.4, -0.2) is 48.5 Å². The van der Waals surface area contributed by atoms with Crippen molar-refractivity contribution in [3.8, 4) is 5.75 Å². The van der Waals surface area contributed by atoms with Gasteiger partial charge in [0.25, 0.3) is 0 Å². The fourth-order valence-electron chi connectivity index (χ4n) is 4.74. The Labute approximate surface area is 168 Å². The standard InChI is InChI=1S/C24H30N2O2/c1-18(19-6-4-3-5-7-19)26-17-14-23(24(26)27)25-15-12-21(13-16-25)20-8-10-22(28-2)11-9-20/h3-11,18,21,23H,12-17H2,1-2H3. The lowest BCUT2D eigenvalue weighted by Gasteiger charge is -2.35. The van der Waals surface area contributed by atoms with Crippen LogP contribution in [0.4, 0.5) is 0 Å². The van der Waals surface area contributed by atoms with E-state index < -0.39 is 0 Å². The van der Waals surface area contributed by atoms with E-state index in [4.69, 9.17) is 4.74 Å². The summed E-state index contributed by atoms with van der Waals surface area (Å²) in [4.78, 5) is 17.6. The number of rotatable bonds is 5. The van der Waals surface area contributed by atoms with E-state index in [2.05, 4.69) is 41.0 Å². The predicted molar refractivity (Wildman–Crippen MR) is 112 cm³/mol.